The molecule has 0 aromatic heterocycles. The Bertz CT molecular complexity index is 786. The van der Waals surface area contributed by atoms with Crippen LogP contribution in [0.3, 0.4) is 0 Å². The zero-order valence-electron chi connectivity index (χ0n) is 31.1. The number of hydrogen-bond acceptors (Lipinski definition) is 7. The van der Waals surface area contributed by atoms with Gasteiger partial charge in [-0.3, -0.25) is 13.8 Å². The van der Waals surface area contributed by atoms with E-state index in [1.807, 2.05) is 0 Å². The molecule has 0 aromatic carbocycles. The van der Waals surface area contributed by atoms with E-state index in [1.54, 1.807) is 0 Å². The van der Waals surface area contributed by atoms with Crippen molar-refractivity contribution in [2.75, 3.05) is 19.8 Å². The van der Waals surface area contributed by atoms with Gasteiger partial charge in [0.15, 0.2) is 0 Å². The van der Waals surface area contributed by atoms with E-state index in [0.717, 1.165) is 44.9 Å². The van der Waals surface area contributed by atoms with Crippen molar-refractivity contribution in [3.05, 3.63) is 12.2 Å². The lowest BCUT2D eigenvalue weighted by Crippen LogP contribution is -2.47. The molecule has 0 aliphatic heterocycles. The predicted octanol–water partition coefficient (Wildman–Crippen LogP) is 9.41. The van der Waals surface area contributed by atoms with Gasteiger partial charge in [-0.15, -0.1) is 0 Å². The number of unbranched alkanes of at least 4 members (excludes halogenated alkanes) is 21. The second kappa shape index (κ2) is 34.6. The van der Waals surface area contributed by atoms with Gasteiger partial charge in [0.1, 0.15) is 0 Å². The molecule has 0 heterocycles. The second-order valence-corrected chi connectivity index (χ2v) is 15.1. The number of rotatable bonds is 37. The number of carbonyl (C=O) groups is 1. The molecule has 0 aromatic rings. The molecule has 4 atom stereocenters. The van der Waals surface area contributed by atoms with Crippen LogP contribution in [0.25, 0.3) is 0 Å². The molecule has 0 saturated heterocycles. The van der Waals surface area contributed by atoms with Gasteiger partial charge >= 0.3 is 7.82 Å². The molecule has 0 rings (SSSR count). The van der Waals surface area contributed by atoms with Crippen LogP contribution in [0.5, 0.6) is 0 Å². The van der Waals surface area contributed by atoms with E-state index in [4.69, 9.17) is 14.8 Å². The topological polar surface area (TPSA) is 151 Å². The lowest BCUT2D eigenvalue weighted by molar-refractivity contribution is -0.125. The van der Waals surface area contributed by atoms with Crippen LogP contribution in [0.2, 0.25) is 0 Å². The molecule has 0 aliphatic carbocycles. The standard InChI is InChI=1S/C38H77N2O7P/c1-3-5-7-9-11-13-15-16-17-18-20-21-23-25-27-29-35(41)33-38(43)40-36(34-47-48(44,45)46-32-31-39)37(42)30-28-26-24-22-19-14-12-10-8-6-4-2/h16-17,35-37,41-42H,3-15,18-34,39H2,1-2H3,(H,40,43)(H,44,45)/b17-16-. The summed E-state index contributed by atoms with van der Waals surface area (Å²) in [6.07, 6.45) is 32.5. The number of aliphatic hydroxyl groups excluding tert-OH is 2. The monoisotopic (exact) mass is 705 g/mol. The molecule has 0 radical (unpaired) electrons. The van der Waals surface area contributed by atoms with Crippen molar-refractivity contribution in [2.45, 2.75) is 205 Å². The van der Waals surface area contributed by atoms with Gasteiger partial charge in [0.05, 0.1) is 37.9 Å². The summed E-state index contributed by atoms with van der Waals surface area (Å²) in [5.74, 6) is -0.419. The summed E-state index contributed by atoms with van der Waals surface area (Å²) >= 11 is 0. The third-order valence-corrected chi connectivity index (χ3v) is 9.91. The largest absolute Gasteiger partial charge is 0.472 e. The molecular weight excluding hydrogens is 627 g/mol. The molecule has 1 amide bonds. The minimum atomic E-state index is -4.37. The first kappa shape index (κ1) is 47.2. The average molecular weight is 705 g/mol. The fourth-order valence-corrected chi connectivity index (χ4v) is 6.64. The van der Waals surface area contributed by atoms with Gasteiger partial charge in [0, 0.05) is 6.54 Å². The van der Waals surface area contributed by atoms with Crippen LogP contribution in [0.15, 0.2) is 12.2 Å². The van der Waals surface area contributed by atoms with E-state index >= 15 is 0 Å². The van der Waals surface area contributed by atoms with Crippen LogP contribution < -0.4 is 11.1 Å². The first-order valence-electron chi connectivity index (χ1n) is 19.9. The number of phosphoric acid groups is 1. The van der Waals surface area contributed by atoms with E-state index in [1.165, 1.54) is 109 Å². The Morgan fingerprint density at radius 1 is 0.688 bits per heavy atom. The number of nitrogens with two attached hydrogens (primary N) is 1. The minimum absolute atomic E-state index is 0.0597. The van der Waals surface area contributed by atoms with Gasteiger partial charge in [-0.25, -0.2) is 4.57 Å². The molecule has 0 saturated carbocycles. The number of carbonyl (C=O) groups excluding carboxylic acids is 1. The van der Waals surface area contributed by atoms with E-state index in [9.17, 15) is 24.5 Å². The highest BCUT2D eigenvalue weighted by molar-refractivity contribution is 7.47. The quantitative estimate of drug-likeness (QED) is 0.0244. The first-order chi connectivity index (χ1) is 23.3. The maximum absolute atomic E-state index is 12.8. The summed E-state index contributed by atoms with van der Waals surface area (Å²) in [6, 6.07) is -0.894. The zero-order valence-corrected chi connectivity index (χ0v) is 32.0. The van der Waals surface area contributed by atoms with Crippen molar-refractivity contribution in [3.8, 4) is 0 Å². The third-order valence-electron chi connectivity index (χ3n) is 8.92. The Morgan fingerprint density at radius 3 is 1.60 bits per heavy atom. The number of phosphoric ester groups is 1. The summed E-state index contributed by atoms with van der Waals surface area (Å²) in [5, 5.41) is 24.1. The van der Waals surface area contributed by atoms with Gasteiger partial charge in [0.2, 0.25) is 5.91 Å². The Labute approximate surface area is 295 Å². The zero-order chi connectivity index (χ0) is 35.6. The minimum Gasteiger partial charge on any atom is -0.393 e. The van der Waals surface area contributed by atoms with Crippen LogP contribution in [0.4, 0.5) is 0 Å². The molecule has 10 heteroatoms. The number of aliphatic hydroxyl groups is 2. The molecular formula is C38H77N2O7P. The van der Waals surface area contributed by atoms with Crippen LogP contribution in [0.1, 0.15) is 187 Å². The van der Waals surface area contributed by atoms with Crippen molar-refractivity contribution in [3.63, 3.8) is 0 Å². The van der Waals surface area contributed by atoms with Gasteiger partial charge < -0.3 is 26.2 Å². The summed E-state index contributed by atoms with van der Waals surface area (Å²) < 4.78 is 22.0. The van der Waals surface area contributed by atoms with Crippen molar-refractivity contribution in [1.29, 1.82) is 0 Å². The highest BCUT2D eigenvalue weighted by Crippen LogP contribution is 2.43. The fraction of sp³-hybridized carbons (Fsp3) is 0.921. The molecule has 0 spiro atoms. The molecule has 0 aliphatic rings. The van der Waals surface area contributed by atoms with Crippen molar-refractivity contribution < 1.29 is 33.5 Å². The third kappa shape index (κ3) is 32.4. The molecule has 6 N–H and O–H groups in total. The average Bonchev–Trinajstić information content (AvgIpc) is 3.06. The van der Waals surface area contributed by atoms with Gasteiger partial charge in [-0.05, 0) is 38.5 Å². The molecule has 0 bridgehead atoms. The second-order valence-electron chi connectivity index (χ2n) is 13.7. The maximum Gasteiger partial charge on any atom is 0.472 e. The lowest BCUT2D eigenvalue weighted by atomic mass is 10.0. The van der Waals surface area contributed by atoms with E-state index in [-0.39, 0.29) is 26.2 Å². The van der Waals surface area contributed by atoms with Crippen LogP contribution in [-0.4, -0.2) is 59.0 Å². The summed E-state index contributed by atoms with van der Waals surface area (Å²) in [4.78, 5) is 22.7. The van der Waals surface area contributed by atoms with Gasteiger partial charge in [-0.2, -0.15) is 0 Å². The number of amides is 1. The Hall–Kier alpha value is -0.800. The normalized spacial score (nSPS) is 15.0. The number of nitrogens with one attached hydrogen (secondary N) is 1. The molecule has 9 nitrogen and oxygen atoms in total. The molecule has 4 unspecified atom stereocenters. The van der Waals surface area contributed by atoms with Crippen LogP contribution in [0, 0.1) is 0 Å². The summed E-state index contributed by atoms with van der Waals surface area (Å²) in [7, 11) is -4.37. The molecule has 286 valence electrons. The number of hydrogen-bond donors (Lipinski definition) is 5. The van der Waals surface area contributed by atoms with Gasteiger partial charge in [-0.1, -0.05) is 154 Å². The molecule has 48 heavy (non-hydrogen) atoms. The van der Waals surface area contributed by atoms with Crippen molar-refractivity contribution in [1.82, 2.24) is 5.32 Å². The van der Waals surface area contributed by atoms with Crippen LogP contribution >= 0.6 is 7.82 Å². The van der Waals surface area contributed by atoms with Crippen molar-refractivity contribution in [2.24, 2.45) is 5.73 Å². The highest BCUT2D eigenvalue weighted by atomic mass is 31.2. The van der Waals surface area contributed by atoms with Gasteiger partial charge in [0.25, 0.3) is 0 Å². The highest BCUT2D eigenvalue weighted by Gasteiger charge is 2.28. The van der Waals surface area contributed by atoms with Crippen molar-refractivity contribution >= 4 is 13.7 Å². The lowest BCUT2D eigenvalue weighted by Gasteiger charge is -2.25. The Balaban J connectivity index is 4.32. The van der Waals surface area contributed by atoms with E-state index < -0.39 is 32.0 Å². The SMILES string of the molecule is CCCCCCCC/C=C\CCCCCCCC(O)CC(=O)NC(COP(=O)(O)OCCN)C(O)CCCCCCCCCCCCC. The molecule has 0 fully saturated rings. The van der Waals surface area contributed by atoms with E-state index in [0.29, 0.717) is 12.8 Å². The fourth-order valence-electron chi connectivity index (χ4n) is 5.88. The maximum atomic E-state index is 12.8. The van der Waals surface area contributed by atoms with Crippen LogP contribution in [-0.2, 0) is 18.4 Å². The summed E-state index contributed by atoms with van der Waals surface area (Å²) in [6.45, 7) is 4.02. The predicted molar refractivity (Wildman–Crippen MR) is 200 cm³/mol. The number of allylic oxidation sites excluding steroid dienone is 2. The summed E-state index contributed by atoms with van der Waals surface area (Å²) in [5.41, 5.74) is 5.35. The smallest absolute Gasteiger partial charge is 0.393 e. The Kier molecular flexibility index (Phi) is 34.1. The van der Waals surface area contributed by atoms with E-state index in [2.05, 4.69) is 31.3 Å². The first-order valence-corrected chi connectivity index (χ1v) is 21.4. The Morgan fingerprint density at radius 2 is 1.12 bits per heavy atom.